The second kappa shape index (κ2) is 5.64. The number of hydrogen-bond acceptors (Lipinski definition) is 3. The van der Waals surface area contributed by atoms with Gasteiger partial charge in [0.05, 0.1) is 18.2 Å². The van der Waals surface area contributed by atoms with Crippen molar-refractivity contribution in [3.05, 3.63) is 77.2 Å². The summed E-state index contributed by atoms with van der Waals surface area (Å²) in [6.45, 7) is 2.29. The van der Waals surface area contributed by atoms with E-state index in [0.29, 0.717) is 12.3 Å². The molecule has 4 heteroatoms. The maximum atomic E-state index is 13.1. The van der Waals surface area contributed by atoms with Crippen LogP contribution in [0.15, 0.2) is 59.1 Å². The molecule has 120 valence electrons. The van der Waals surface area contributed by atoms with E-state index in [-0.39, 0.29) is 11.8 Å². The molecular weight excluding hydrogens is 300 g/mol. The maximum Gasteiger partial charge on any atom is 0.234 e. The largest absolute Gasteiger partial charge is 0.359 e. The standard InChI is InChI=1S/C20H18N2O2/c1-13-11-14(24-21-13)12-22(2)20(23)19-17-9-5-3-7-15(17)16-8-4-6-10-18(16)19/h3-11,19H,12H2,1-2H3. The molecule has 3 aromatic rings. The van der Waals surface area contributed by atoms with Crippen LogP contribution in [0.5, 0.6) is 0 Å². The van der Waals surface area contributed by atoms with Gasteiger partial charge in [-0.15, -0.1) is 0 Å². The Kier molecular flexibility index (Phi) is 3.45. The summed E-state index contributed by atoms with van der Waals surface area (Å²) in [5, 5.41) is 3.89. The molecular formula is C20H18N2O2. The lowest BCUT2D eigenvalue weighted by atomic mass is 9.95. The molecule has 0 bridgehead atoms. The Morgan fingerprint density at radius 2 is 1.67 bits per heavy atom. The molecule has 4 nitrogen and oxygen atoms in total. The number of carbonyl (C=O) groups is 1. The van der Waals surface area contributed by atoms with Crippen molar-refractivity contribution in [1.82, 2.24) is 10.1 Å². The molecule has 24 heavy (non-hydrogen) atoms. The van der Waals surface area contributed by atoms with Crippen LogP contribution in [0.1, 0.15) is 28.5 Å². The van der Waals surface area contributed by atoms with Crippen molar-refractivity contribution in [1.29, 1.82) is 0 Å². The van der Waals surface area contributed by atoms with Crippen LogP contribution >= 0.6 is 0 Å². The van der Waals surface area contributed by atoms with Gasteiger partial charge in [-0.05, 0) is 29.2 Å². The van der Waals surface area contributed by atoms with Gasteiger partial charge in [0, 0.05) is 13.1 Å². The molecule has 1 aliphatic rings. The zero-order chi connectivity index (χ0) is 16.7. The minimum Gasteiger partial charge on any atom is -0.359 e. The van der Waals surface area contributed by atoms with E-state index in [1.807, 2.05) is 56.4 Å². The van der Waals surface area contributed by atoms with E-state index < -0.39 is 0 Å². The Bertz CT molecular complexity index is 868. The number of nitrogens with zero attached hydrogens (tertiary/aromatic N) is 2. The second-order valence-electron chi connectivity index (χ2n) is 6.24. The van der Waals surface area contributed by atoms with Crippen molar-refractivity contribution in [2.75, 3.05) is 7.05 Å². The van der Waals surface area contributed by atoms with Gasteiger partial charge in [-0.3, -0.25) is 4.79 Å². The lowest BCUT2D eigenvalue weighted by Gasteiger charge is -2.21. The normalized spacial score (nSPS) is 12.8. The predicted octanol–water partition coefficient (Wildman–Crippen LogP) is 3.75. The molecule has 0 N–H and O–H groups in total. The van der Waals surface area contributed by atoms with Crippen molar-refractivity contribution in [3.63, 3.8) is 0 Å². The zero-order valence-corrected chi connectivity index (χ0v) is 13.7. The van der Waals surface area contributed by atoms with Crippen LogP contribution < -0.4 is 0 Å². The molecule has 0 saturated heterocycles. The van der Waals surface area contributed by atoms with Gasteiger partial charge >= 0.3 is 0 Å². The average Bonchev–Trinajstić information content (AvgIpc) is 3.15. The van der Waals surface area contributed by atoms with Crippen LogP contribution in [0.3, 0.4) is 0 Å². The number of aromatic nitrogens is 1. The highest BCUT2D eigenvalue weighted by atomic mass is 16.5. The molecule has 1 amide bonds. The first-order valence-electron chi connectivity index (χ1n) is 8.00. The quantitative estimate of drug-likeness (QED) is 0.739. The predicted molar refractivity (Wildman–Crippen MR) is 91.4 cm³/mol. The highest BCUT2D eigenvalue weighted by Crippen LogP contribution is 2.45. The summed E-state index contributed by atoms with van der Waals surface area (Å²) >= 11 is 0. The van der Waals surface area contributed by atoms with Crippen LogP contribution in [0.25, 0.3) is 11.1 Å². The summed E-state index contributed by atoms with van der Waals surface area (Å²) in [6.07, 6.45) is 0. The topological polar surface area (TPSA) is 46.3 Å². The summed E-state index contributed by atoms with van der Waals surface area (Å²) in [7, 11) is 1.81. The molecule has 1 aromatic heterocycles. The molecule has 0 unspecified atom stereocenters. The summed E-state index contributed by atoms with van der Waals surface area (Å²) in [4.78, 5) is 14.9. The highest BCUT2D eigenvalue weighted by molar-refractivity contribution is 5.96. The van der Waals surface area contributed by atoms with E-state index in [1.54, 1.807) is 4.90 Å². The minimum atomic E-state index is -0.258. The Labute approximate surface area is 140 Å². The third-order valence-corrected chi connectivity index (χ3v) is 4.53. The summed E-state index contributed by atoms with van der Waals surface area (Å²) in [5.74, 6) is 0.510. The van der Waals surface area contributed by atoms with Crippen LogP contribution in [0.4, 0.5) is 0 Å². The van der Waals surface area contributed by atoms with Gasteiger partial charge in [0.25, 0.3) is 0 Å². The van der Waals surface area contributed by atoms with Crippen molar-refractivity contribution < 1.29 is 9.32 Å². The Balaban J connectivity index is 1.69. The van der Waals surface area contributed by atoms with E-state index in [4.69, 9.17) is 4.52 Å². The molecule has 0 saturated carbocycles. The summed E-state index contributed by atoms with van der Waals surface area (Å²) < 4.78 is 5.24. The average molecular weight is 318 g/mol. The fourth-order valence-corrected chi connectivity index (χ4v) is 3.44. The Morgan fingerprint density at radius 3 is 2.21 bits per heavy atom. The van der Waals surface area contributed by atoms with Gasteiger partial charge in [0.15, 0.2) is 5.76 Å². The molecule has 0 atom stereocenters. The monoisotopic (exact) mass is 318 g/mol. The van der Waals surface area contributed by atoms with Crippen molar-refractivity contribution in [3.8, 4) is 11.1 Å². The molecule has 4 rings (SSSR count). The second-order valence-corrected chi connectivity index (χ2v) is 6.24. The number of carbonyl (C=O) groups excluding carboxylic acids is 1. The van der Waals surface area contributed by atoms with Gasteiger partial charge < -0.3 is 9.42 Å². The first-order chi connectivity index (χ1) is 11.6. The Hall–Kier alpha value is -2.88. The molecule has 0 radical (unpaired) electrons. The van der Waals surface area contributed by atoms with Crippen LogP contribution in [0, 0.1) is 6.92 Å². The van der Waals surface area contributed by atoms with Crippen molar-refractivity contribution in [2.24, 2.45) is 0 Å². The number of fused-ring (bicyclic) bond motifs is 3. The van der Waals surface area contributed by atoms with Gasteiger partial charge in [0.1, 0.15) is 0 Å². The lowest BCUT2D eigenvalue weighted by molar-refractivity contribution is -0.131. The van der Waals surface area contributed by atoms with Crippen molar-refractivity contribution in [2.45, 2.75) is 19.4 Å². The fraction of sp³-hybridized carbons (Fsp3) is 0.200. The van der Waals surface area contributed by atoms with Crippen LogP contribution in [-0.4, -0.2) is 23.0 Å². The number of amides is 1. The summed E-state index contributed by atoms with van der Waals surface area (Å²) in [5.41, 5.74) is 5.27. The van der Waals surface area contributed by atoms with E-state index in [0.717, 1.165) is 27.9 Å². The SMILES string of the molecule is Cc1cc(CN(C)C(=O)C2c3ccccc3-c3ccccc32)on1. The molecule has 0 spiro atoms. The zero-order valence-electron chi connectivity index (χ0n) is 13.7. The molecule has 0 aliphatic heterocycles. The third kappa shape index (κ3) is 2.31. The number of likely N-dealkylation sites (N-methyl/N-ethyl adjacent to an activating group) is 1. The van der Waals surface area contributed by atoms with E-state index in [2.05, 4.69) is 17.3 Å². The minimum absolute atomic E-state index is 0.0708. The van der Waals surface area contributed by atoms with Gasteiger partial charge in [-0.1, -0.05) is 53.7 Å². The fourth-order valence-electron chi connectivity index (χ4n) is 3.44. The summed E-state index contributed by atoms with van der Waals surface area (Å²) in [6, 6.07) is 18.1. The Morgan fingerprint density at radius 1 is 1.08 bits per heavy atom. The van der Waals surface area contributed by atoms with E-state index >= 15 is 0 Å². The number of rotatable bonds is 3. The smallest absolute Gasteiger partial charge is 0.234 e. The first-order valence-corrected chi connectivity index (χ1v) is 8.00. The maximum absolute atomic E-state index is 13.1. The van der Waals surface area contributed by atoms with Crippen LogP contribution in [0.2, 0.25) is 0 Å². The molecule has 2 aromatic carbocycles. The van der Waals surface area contributed by atoms with Crippen LogP contribution in [-0.2, 0) is 11.3 Å². The molecule has 1 aliphatic carbocycles. The number of benzene rings is 2. The van der Waals surface area contributed by atoms with E-state index in [1.165, 1.54) is 0 Å². The molecule has 1 heterocycles. The van der Waals surface area contributed by atoms with Gasteiger partial charge in [-0.2, -0.15) is 0 Å². The van der Waals surface area contributed by atoms with Crippen molar-refractivity contribution >= 4 is 5.91 Å². The highest BCUT2D eigenvalue weighted by Gasteiger charge is 2.35. The number of hydrogen-bond donors (Lipinski definition) is 0. The first kappa shape index (κ1) is 14.7. The lowest BCUT2D eigenvalue weighted by Crippen LogP contribution is -2.31. The number of aryl methyl sites for hydroxylation is 1. The van der Waals surface area contributed by atoms with Gasteiger partial charge in [0.2, 0.25) is 5.91 Å². The third-order valence-electron chi connectivity index (χ3n) is 4.53. The van der Waals surface area contributed by atoms with E-state index in [9.17, 15) is 4.79 Å². The van der Waals surface area contributed by atoms with Gasteiger partial charge in [-0.25, -0.2) is 0 Å². The molecule has 0 fully saturated rings.